The number of pyridine rings is 1. The summed E-state index contributed by atoms with van der Waals surface area (Å²) in [6.07, 6.45) is -2.06. The molecule has 1 aromatic heterocycles. The summed E-state index contributed by atoms with van der Waals surface area (Å²) in [4.78, 5) is 31.2. The van der Waals surface area contributed by atoms with Gasteiger partial charge in [-0.1, -0.05) is 6.07 Å². The van der Waals surface area contributed by atoms with Gasteiger partial charge >= 0.3 is 6.36 Å². The first kappa shape index (κ1) is 23.8. The van der Waals surface area contributed by atoms with Gasteiger partial charge in [0.25, 0.3) is 11.7 Å². The topological polar surface area (TPSA) is 89.0 Å². The molecular weight excluding hydrogens is 465 g/mol. The summed E-state index contributed by atoms with van der Waals surface area (Å²) in [7, 11) is 0. The maximum absolute atomic E-state index is 13.1. The van der Waals surface area contributed by atoms with Gasteiger partial charge in [0.2, 0.25) is 0 Å². The Morgan fingerprint density at radius 2 is 1.71 bits per heavy atom. The van der Waals surface area contributed by atoms with Crippen LogP contribution in [0.3, 0.4) is 0 Å². The van der Waals surface area contributed by atoms with Crippen LogP contribution in [-0.2, 0) is 9.59 Å². The van der Waals surface area contributed by atoms with Crippen LogP contribution in [0.4, 0.5) is 18.9 Å². The molecule has 2 aromatic carbocycles. The first-order valence-corrected chi connectivity index (χ1v) is 10.5. The van der Waals surface area contributed by atoms with E-state index in [0.29, 0.717) is 17.9 Å². The van der Waals surface area contributed by atoms with Crippen LogP contribution in [-0.4, -0.2) is 34.8 Å². The number of carbonyl (C=O) groups excluding carboxylic acids is 2. The number of halogens is 3. The highest BCUT2D eigenvalue weighted by Crippen LogP contribution is 2.43. The predicted octanol–water partition coefficient (Wildman–Crippen LogP) is 5.01. The number of amides is 1. The van der Waals surface area contributed by atoms with Gasteiger partial charge in [-0.15, -0.1) is 13.2 Å². The fourth-order valence-electron chi connectivity index (χ4n) is 3.82. The Hall–Kier alpha value is -4.34. The molecule has 4 rings (SSSR count). The number of nitrogens with zero attached hydrogens (tertiary/aromatic N) is 2. The minimum absolute atomic E-state index is 0.0126. The summed E-state index contributed by atoms with van der Waals surface area (Å²) in [5, 5.41) is 11.1. The van der Waals surface area contributed by atoms with Crippen molar-refractivity contribution >= 4 is 23.1 Å². The van der Waals surface area contributed by atoms with E-state index in [0.717, 1.165) is 17.0 Å². The number of ether oxygens (including phenoxy) is 2. The molecule has 3 aromatic rings. The summed E-state index contributed by atoms with van der Waals surface area (Å²) >= 11 is 0. The Kier molecular flexibility index (Phi) is 6.46. The molecule has 0 spiro atoms. The van der Waals surface area contributed by atoms with Gasteiger partial charge in [-0.3, -0.25) is 19.5 Å². The van der Waals surface area contributed by atoms with E-state index in [1.54, 1.807) is 24.3 Å². The van der Waals surface area contributed by atoms with E-state index in [-0.39, 0.29) is 16.8 Å². The number of rotatable bonds is 6. The first-order chi connectivity index (χ1) is 16.7. The van der Waals surface area contributed by atoms with Crippen molar-refractivity contribution in [3.63, 3.8) is 0 Å². The average Bonchev–Trinajstić information content (AvgIpc) is 3.09. The van der Waals surface area contributed by atoms with Gasteiger partial charge in [-0.2, -0.15) is 0 Å². The zero-order valence-corrected chi connectivity index (χ0v) is 18.3. The Labute approximate surface area is 198 Å². The number of aliphatic hydroxyl groups excluding tert-OH is 1. The standard InChI is InChI=1S/C25H19F3N2O5/c1-2-34-18-8-6-16(7-9-18)22(31)20-21(15-10-12-29-13-11-15)30(24(33)23(20)32)17-4-3-5-19(14-17)35-25(26,27)28/h3-14,21,31H,2H2,1H3/b22-20+. The van der Waals surface area contributed by atoms with Crippen LogP contribution in [0.15, 0.2) is 78.6 Å². The maximum atomic E-state index is 13.1. The molecule has 0 radical (unpaired) electrons. The molecule has 1 N–H and O–H groups in total. The SMILES string of the molecule is CCOc1ccc(/C(O)=C2\C(=O)C(=O)N(c3cccc(OC(F)(F)F)c3)C2c2ccncc2)cc1. The number of benzene rings is 2. The highest BCUT2D eigenvalue weighted by molar-refractivity contribution is 6.51. The smallest absolute Gasteiger partial charge is 0.507 e. The van der Waals surface area contributed by atoms with Crippen LogP contribution in [0.2, 0.25) is 0 Å². The highest BCUT2D eigenvalue weighted by atomic mass is 19.4. The number of hydrogen-bond acceptors (Lipinski definition) is 6. The third-order valence-electron chi connectivity index (χ3n) is 5.23. The third-order valence-corrected chi connectivity index (χ3v) is 5.23. The molecule has 1 saturated heterocycles. The van der Waals surface area contributed by atoms with Gasteiger partial charge in [-0.05, 0) is 61.0 Å². The fourth-order valence-corrected chi connectivity index (χ4v) is 3.82. The molecule has 0 saturated carbocycles. The fraction of sp³-hybridized carbons (Fsp3) is 0.160. The quantitative estimate of drug-likeness (QED) is 0.301. The molecule has 1 aliphatic rings. The van der Waals surface area contributed by atoms with Crippen LogP contribution in [0.25, 0.3) is 5.76 Å². The number of aromatic nitrogens is 1. The predicted molar refractivity (Wildman–Crippen MR) is 120 cm³/mol. The molecule has 180 valence electrons. The largest absolute Gasteiger partial charge is 0.573 e. The molecule has 1 fully saturated rings. The van der Waals surface area contributed by atoms with Crippen molar-refractivity contribution in [1.29, 1.82) is 0 Å². The van der Waals surface area contributed by atoms with Gasteiger partial charge in [0, 0.05) is 29.7 Å². The third kappa shape index (κ3) is 4.96. The van der Waals surface area contributed by atoms with E-state index >= 15 is 0 Å². The van der Waals surface area contributed by atoms with Crippen LogP contribution in [0.5, 0.6) is 11.5 Å². The molecule has 1 aliphatic heterocycles. The van der Waals surface area contributed by atoms with E-state index in [1.165, 1.54) is 36.7 Å². The normalized spacial score (nSPS) is 17.5. The van der Waals surface area contributed by atoms with E-state index in [4.69, 9.17) is 4.74 Å². The Morgan fingerprint density at radius 3 is 2.34 bits per heavy atom. The minimum Gasteiger partial charge on any atom is -0.507 e. The monoisotopic (exact) mass is 484 g/mol. The maximum Gasteiger partial charge on any atom is 0.573 e. The van der Waals surface area contributed by atoms with Crippen molar-refractivity contribution in [3.05, 3.63) is 89.8 Å². The number of Topliss-reactive ketones (excluding diaryl/α,β-unsaturated/α-hetero) is 1. The Bertz CT molecular complexity index is 1270. The first-order valence-electron chi connectivity index (χ1n) is 10.5. The lowest BCUT2D eigenvalue weighted by Crippen LogP contribution is -2.29. The number of alkyl halides is 3. The highest BCUT2D eigenvalue weighted by Gasteiger charge is 2.47. The summed E-state index contributed by atoms with van der Waals surface area (Å²) < 4.78 is 47.6. The van der Waals surface area contributed by atoms with Crippen LogP contribution >= 0.6 is 0 Å². The minimum atomic E-state index is -4.94. The Balaban J connectivity index is 1.84. The van der Waals surface area contributed by atoms with Crippen molar-refractivity contribution in [2.24, 2.45) is 0 Å². The van der Waals surface area contributed by atoms with Crippen LogP contribution in [0.1, 0.15) is 24.1 Å². The number of anilines is 1. The van der Waals surface area contributed by atoms with E-state index < -0.39 is 35.6 Å². The molecular formula is C25H19F3N2O5. The second kappa shape index (κ2) is 9.49. The molecule has 1 unspecified atom stereocenters. The van der Waals surface area contributed by atoms with Crippen LogP contribution < -0.4 is 14.4 Å². The number of aliphatic hydroxyl groups is 1. The molecule has 2 heterocycles. The number of hydrogen-bond donors (Lipinski definition) is 1. The van der Waals surface area contributed by atoms with Crippen LogP contribution in [0, 0.1) is 0 Å². The number of ketones is 1. The molecule has 1 amide bonds. The van der Waals surface area contributed by atoms with Crippen molar-refractivity contribution in [2.45, 2.75) is 19.3 Å². The van der Waals surface area contributed by atoms with Gasteiger partial charge in [-0.25, -0.2) is 0 Å². The molecule has 0 aliphatic carbocycles. The molecule has 35 heavy (non-hydrogen) atoms. The zero-order chi connectivity index (χ0) is 25.2. The molecule has 10 heteroatoms. The van der Waals surface area contributed by atoms with Crippen molar-refractivity contribution < 1.29 is 37.3 Å². The van der Waals surface area contributed by atoms with Gasteiger partial charge in [0.1, 0.15) is 17.3 Å². The lowest BCUT2D eigenvalue weighted by molar-refractivity contribution is -0.274. The van der Waals surface area contributed by atoms with Crippen molar-refractivity contribution in [1.82, 2.24) is 4.98 Å². The lowest BCUT2D eigenvalue weighted by atomic mass is 9.95. The Morgan fingerprint density at radius 1 is 1.03 bits per heavy atom. The van der Waals surface area contributed by atoms with Crippen molar-refractivity contribution in [2.75, 3.05) is 11.5 Å². The molecule has 0 bridgehead atoms. The van der Waals surface area contributed by atoms with E-state index in [9.17, 15) is 27.9 Å². The number of carbonyl (C=O) groups is 2. The summed E-state index contributed by atoms with van der Waals surface area (Å²) in [5.74, 6) is -2.43. The van der Waals surface area contributed by atoms with Gasteiger partial charge in [0.05, 0.1) is 18.2 Å². The summed E-state index contributed by atoms with van der Waals surface area (Å²) in [6, 6.07) is 13.0. The van der Waals surface area contributed by atoms with E-state index in [1.807, 2.05) is 6.92 Å². The second-order valence-electron chi connectivity index (χ2n) is 7.45. The molecule has 7 nitrogen and oxygen atoms in total. The van der Waals surface area contributed by atoms with Gasteiger partial charge in [0.15, 0.2) is 0 Å². The van der Waals surface area contributed by atoms with E-state index in [2.05, 4.69) is 9.72 Å². The summed E-state index contributed by atoms with van der Waals surface area (Å²) in [5.41, 5.74) is 0.461. The molecule has 1 atom stereocenters. The van der Waals surface area contributed by atoms with Gasteiger partial charge < -0.3 is 14.6 Å². The average molecular weight is 484 g/mol. The zero-order valence-electron chi connectivity index (χ0n) is 18.3. The second-order valence-corrected chi connectivity index (χ2v) is 7.45. The summed E-state index contributed by atoms with van der Waals surface area (Å²) in [6.45, 7) is 2.26. The van der Waals surface area contributed by atoms with Crippen molar-refractivity contribution in [3.8, 4) is 11.5 Å². The lowest BCUT2D eigenvalue weighted by Gasteiger charge is -2.25.